The van der Waals surface area contributed by atoms with Crippen LogP contribution >= 0.6 is 0 Å². The van der Waals surface area contributed by atoms with E-state index in [1.54, 1.807) is 14.2 Å². The molecule has 4 rings (SSSR count). The van der Waals surface area contributed by atoms with Gasteiger partial charge in [-0.2, -0.15) is 0 Å². The van der Waals surface area contributed by atoms with Gasteiger partial charge < -0.3 is 24.3 Å². The van der Waals surface area contributed by atoms with E-state index in [9.17, 15) is 4.79 Å². The van der Waals surface area contributed by atoms with Gasteiger partial charge in [0.15, 0.2) is 0 Å². The molecular formula is C23H34N2O5. The van der Waals surface area contributed by atoms with Crippen molar-refractivity contribution in [2.45, 2.75) is 62.9 Å². The summed E-state index contributed by atoms with van der Waals surface area (Å²) in [5, 5.41) is 3.03. The summed E-state index contributed by atoms with van der Waals surface area (Å²) in [5.41, 5.74) is 1.15. The van der Waals surface area contributed by atoms with Crippen molar-refractivity contribution >= 4 is 5.91 Å². The average Bonchev–Trinajstić information content (AvgIpc) is 3.45. The minimum Gasteiger partial charge on any atom is -0.497 e. The van der Waals surface area contributed by atoms with Crippen molar-refractivity contribution in [3.05, 3.63) is 23.8 Å². The standard InChI is InChI=1S/C23H34N2O5/c1-27-18-6-5-17(21(14-18)28-2)16-25-11-9-23(10-12-25)8-7-19(30-23)15-24-22(26)20-4-3-13-29-20/h5-6,14,19-20H,3-4,7-13,15-16H2,1-2H3,(H,24,26). The molecule has 1 amide bonds. The van der Waals surface area contributed by atoms with Crippen molar-refractivity contribution in [2.24, 2.45) is 0 Å². The summed E-state index contributed by atoms with van der Waals surface area (Å²) in [6.45, 7) is 4.16. The molecule has 3 heterocycles. The van der Waals surface area contributed by atoms with Gasteiger partial charge in [0.2, 0.25) is 5.91 Å². The van der Waals surface area contributed by atoms with Crippen molar-refractivity contribution < 1.29 is 23.7 Å². The molecule has 166 valence electrons. The molecule has 0 saturated carbocycles. The molecule has 0 radical (unpaired) electrons. The third kappa shape index (κ3) is 4.90. The Kier molecular flexibility index (Phi) is 6.80. The number of nitrogens with one attached hydrogen (secondary N) is 1. The van der Waals surface area contributed by atoms with E-state index in [2.05, 4.69) is 16.3 Å². The molecule has 0 aliphatic carbocycles. The predicted molar refractivity (Wildman–Crippen MR) is 113 cm³/mol. The highest BCUT2D eigenvalue weighted by molar-refractivity contribution is 5.80. The fraction of sp³-hybridized carbons (Fsp3) is 0.696. The number of hydrogen-bond donors (Lipinski definition) is 1. The van der Waals surface area contributed by atoms with Gasteiger partial charge in [0.25, 0.3) is 0 Å². The summed E-state index contributed by atoms with van der Waals surface area (Å²) in [6, 6.07) is 6.01. The van der Waals surface area contributed by atoms with Crippen molar-refractivity contribution in [3.8, 4) is 11.5 Å². The number of likely N-dealkylation sites (tertiary alicyclic amines) is 1. The molecule has 2 atom stereocenters. The fourth-order valence-electron chi connectivity index (χ4n) is 4.86. The van der Waals surface area contributed by atoms with E-state index >= 15 is 0 Å². The molecule has 1 aromatic rings. The van der Waals surface area contributed by atoms with Crippen LogP contribution in [0.2, 0.25) is 0 Å². The largest absolute Gasteiger partial charge is 0.497 e. The maximum absolute atomic E-state index is 12.2. The summed E-state index contributed by atoms with van der Waals surface area (Å²) in [7, 11) is 3.37. The Hall–Kier alpha value is -1.83. The Morgan fingerprint density at radius 1 is 1.20 bits per heavy atom. The predicted octanol–water partition coefficient (Wildman–Crippen LogP) is 2.51. The molecule has 1 aromatic carbocycles. The van der Waals surface area contributed by atoms with E-state index in [1.165, 1.54) is 5.56 Å². The zero-order valence-corrected chi connectivity index (χ0v) is 18.2. The average molecular weight is 419 g/mol. The zero-order valence-electron chi connectivity index (χ0n) is 18.2. The first-order chi connectivity index (χ1) is 14.6. The minimum absolute atomic E-state index is 0.0142. The number of benzene rings is 1. The summed E-state index contributed by atoms with van der Waals surface area (Å²) >= 11 is 0. The van der Waals surface area contributed by atoms with E-state index in [0.717, 1.165) is 69.7 Å². The molecule has 3 saturated heterocycles. The molecule has 7 heteroatoms. The second-order valence-corrected chi connectivity index (χ2v) is 8.66. The molecule has 3 fully saturated rings. The molecule has 0 bridgehead atoms. The molecule has 0 aromatic heterocycles. The van der Waals surface area contributed by atoms with Gasteiger partial charge in [0, 0.05) is 44.4 Å². The van der Waals surface area contributed by atoms with Gasteiger partial charge in [-0.1, -0.05) is 6.07 Å². The van der Waals surface area contributed by atoms with Gasteiger partial charge in [0.1, 0.15) is 17.6 Å². The molecule has 3 aliphatic heterocycles. The lowest BCUT2D eigenvalue weighted by atomic mass is 9.88. The summed E-state index contributed by atoms with van der Waals surface area (Å²) in [5.74, 6) is 1.69. The number of carbonyl (C=O) groups excluding carboxylic acids is 1. The van der Waals surface area contributed by atoms with Crippen LogP contribution in [0.25, 0.3) is 0 Å². The highest BCUT2D eigenvalue weighted by Crippen LogP contribution is 2.39. The normalized spacial score (nSPS) is 26.1. The van der Waals surface area contributed by atoms with Crippen LogP contribution in [0, 0.1) is 0 Å². The first-order valence-electron chi connectivity index (χ1n) is 11.1. The molecule has 7 nitrogen and oxygen atoms in total. The lowest BCUT2D eigenvalue weighted by molar-refractivity contribution is -0.131. The highest BCUT2D eigenvalue weighted by Gasteiger charge is 2.42. The van der Waals surface area contributed by atoms with Crippen LogP contribution in [-0.2, 0) is 20.8 Å². The second kappa shape index (κ2) is 9.54. The van der Waals surface area contributed by atoms with Crippen molar-refractivity contribution in [1.29, 1.82) is 0 Å². The molecule has 30 heavy (non-hydrogen) atoms. The number of piperidine rings is 1. The molecule has 1 N–H and O–H groups in total. The number of methoxy groups -OCH3 is 2. The second-order valence-electron chi connectivity index (χ2n) is 8.66. The summed E-state index contributed by atoms with van der Waals surface area (Å²) < 4.78 is 22.7. The Balaban J connectivity index is 1.24. The lowest BCUT2D eigenvalue weighted by Crippen LogP contribution is -2.45. The number of nitrogens with zero attached hydrogens (tertiary/aromatic N) is 1. The molecule has 2 unspecified atom stereocenters. The Morgan fingerprint density at radius 3 is 2.73 bits per heavy atom. The lowest BCUT2D eigenvalue weighted by Gasteiger charge is -2.39. The first-order valence-corrected chi connectivity index (χ1v) is 11.1. The van der Waals surface area contributed by atoms with E-state index in [-0.39, 0.29) is 23.7 Å². The first kappa shape index (κ1) is 21.4. The third-order valence-corrected chi connectivity index (χ3v) is 6.72. The van der Waals surface area contributed by atoms with Crippen LogP contribution in [0.5, 0.6) is 11.5 Å². The van der Waals surface area contributed by atoms with Gasteiger partial charge in [-0.05, 0) is 44.6 Å². The van der Waals surface area contributed by atoms with E-state index < -0.39 is 0 Å². The topological polar surface area (TPSA) is 69.3 Å². The SMILES string of the molecule is COc1ccc(CN2CCC3(CCC(CNC(=O)C4CCCO4)O3)CC2)c(OC)c1. The molecular weight excluding hydrogens is 384 g/mol. The fourth-order valence-corrected chi connectivity index (χ4v) is 4.86. The van der Waals surface area contributed by atoms with E-state index in [1.807, 2.05) is 12.1 Å². The maximum atomic E-state index is 12.2. The number of carbonyl (C=O) groups is 1. The van der Waals surface area contributed by atoms with Gasteiger partial charge in [-0.15, -0.1) is 0 Å². The minimum atomic E-state index is -0.265. The number of rotatable bonds is 7. The zero-order chi connectivity index (χ0) is 21.0. The number of ether oxygens (including phenoxy) is 4. The van der Waals surface area contributed by atoms with Crippen LogP contribution < -0.4 is 14.8 Å². The van der Waals surface area contributed by atoms with Gasteiger partial charge >= 0.3 is 0 Å². The highest BCUT2D eigenvalue weighted by atomic mass is 16.5. The quantitative estimate of drug-likeness (QED) is 0.734. The van der Waals surface area contributed by atoms with E-state index in [4.69, 9.17) is 18.9 Å². The van der Waals surface area contributed by atoms with Gasteiger partial charge in [-0.25, -0.2) is 0 Å². The van der Waals surface area contributed by atoms with Crippen LogP contribution in [0.1, 0.15) is 44.1 Å². The van der Waals surface area contributed by atoms with Crippen LogP contribution in [0.4, 0.5) is 0 Å². The van der Waals surface area contributed by atoms with Gasteiger partial charge in [0.05, 0.1) is 25.9 Å². The summed E-state index contributed by atoms with van der Waals surface area (Å²) in [4.78, 5) is 14.6. The monoisotopic (exact) mass is 418 g/mol. The van der Waals surface area contributed by atoms with Crippen molar-refractivity contribution in [1.82, 2.24) is 10.2 Å². The number of hydrogen-bond acceptors (Lipinski definition) is 6. The molecule has 3 aliphatic rings. The maximum Gasteiger partial charge on any atom is 0.249 e. The number of amides is 1. The van der Waals surface area contributed by atoms with Crippen molar-refractivity contribution in [3.63, 3.8) is 0 Å². The Morgan fingerprint density at radius 2 is 2.03 bits per heavy atom. The third-order valence-electron chi connectivity index (χ3n) is 6.72. The Bertz CT molecular complexity index is 726. The van der Waals surface area contributed by atoms with Crippen LogP contribution in [0.15, 0.2) is 18.2 Å². The van der Waals surface area contributed by atoms with Gasteiger partial charge in [-0.3, -0.25) is 9.69 Å². The van der Waals surface area contributed by atoms with Crippen LogP contribution in [-0.4, -0.2) is 69.1 Å². The van der Waals surface area contributed by atoms with Crippen LogP contribution in [0.3, 0.4) is 0 Å². The smallest absolute Gasteiger partial charge is 0.249 e. The van der Waals surface area contributed by atoms with Crippen molar-refractivity contribution in [2.75, 3.05) is 40.5 Å². The Labute approximate surface area is 179 Å². The molecule has 1 spiro atoms. The van der Waals surface area contributed by atoms with E-state index in [0.29, 0.717) is 13.2 Å². The summed E-state index contributed by atoms with van der Waals surface area (Å²) in [6.07, 6.45) is 5.80.